The maximum Gasteiger partial charge on any atom is 0.253 e. The standard InChI is InChI=1S/C18H18BrFN2O/c19-16-7-6-13(8-17(16)20)18(23)22-10-14(9-21)15(11-22)12-4-2-1-3-5-12/h1-8,14-15H,9-11,21H2/t14-,15+/m1/s1. The predicted molar refractivity (Wildman–Crippen MR) is 91.7 cm³/mol. The summed E-state index contributed by atoms with van der Waals surface area (Å²) in [7, 11) is 0. The van der Waals surface area contributed by atoms with Crippen molar-refractivity contribution in [2.24, 2.45) is 11.7 Å². The average Bonchev–Trinajstić information content (AvgIpc) is 3.02. The molecule has 1 heterocycles. The van der Waals surface area contributed by atoms with Crippen LogP contribution in [0.4, 0.5) is 4.39 Å². The summed E-state index contributed by atoms with van der Waals surface area (Å²) in [6.07, 6.45) is 0. The fourth-order valence-electron chi connectivity index (χ4n) is 3.17. The lowest BCUT2D eigenvalue weighted by Crippen LogP contribution is -2.29. The van der Waals surface area contributed by atoms with Crippen molar-refractivity contribution >= 4 is 21.8 Å². The fraction of sp³-hybridized carbons (Fsp3) is 0.278. The largest absolute Gasteiger partial charge is 0.338 e. The Kier molecular flexibility index (Phi) is 4.78. The summed E-state index contributed by atoms with van der Waals surface area (Å²) < 4.78 is 14.0. The van der Waals surface area contributed by atoms with Crippen LogP contribution in [-0.4, -0.2) is 30.4 Å². The van der Waals surface area contributed by atoms with E-state index in [9.17, 15) is 9.18 Å². The van der Waals surface area contributed by atoms with Crippen LogP contribution in [0.15, 0.2) is 53.0 Å². The minimum atomic E-state index is -0.426. The summed E-state index contributed by atoms with van der Waals surface area (Å²) in [5.41, 5.74) is 7.47. The number of halogens is 2. The number of carbonyl (C=O) groups is 1. The van der Waals surface area contributed by atoms with Crippen molar-refractivity contribution in [3.8, 4) is 0 Å². The van der Waals surface area contributed by atoms with E-state index in [1.807, 2.05) is 18.2 Å². The first-order chi connectivity index (χ1) is 11.1. The van der Waals surface area contributed by atoms with Crippen molar-refractivity contribution in [1.82, 2.24) is 4.90 Å². The molecule has 0 aliphatic carbocycles. The topological polar surface area (TPSA) is 46.3 Å². The third-order valence-corrected chi connectivity index (χ3v) is 5.07. The van der Waals surface area contributed by atoms with Gasteiger partial charge in [-0.25, -0.2) is 4.39 Å². The summed E-state index contributed by atoms with van der Waals surface area (Å²) in [5, 5.41) is 0. The molecule has 0 aromatic heterocycles. The summed E-state index contributed by atoms with van der Waals surface area (Å²) >= 11 is 3.11. The SMILES string of the molecule is NC[C@@H]1CN(C(=O)c2ccc(Br)c(F)c2)C[C@H]1c1ccccc1. The molecule has 0 saturated carbocycles. The van der Waals surface area contributed by atoms with E-state index in [0.717, 1.165) is 0 Å². The molecular formula is C18H18BrFN2O. The van der Waals surface area contributed by atoms with Gasteiger partial charge in [-0.1, -0.05) is 30.3 Å². The van der Waals surface area contributed by atoms with Crippen LogP contribution in [0.25, 0.3) is 0 Å². The second-order valence-corrected chi connectivity index (χ2v) is 6.71. The van der Waals surface area contributed by atoms with Gasteiger partial charge in [0.1, 0.15) is 5.82 Å². The molecule has 1 fully saturated rings. The third kappa shape index (κ3) is 3.31. The van der Waals surface area contributed by atoms with E-state index in [0.29, 0.717) is 29.7 Å². The number of hydrogen-bond acceptors (Lipinski definition) is 2. The molecule has 23 heavy (non-hydrogen) atoms. The molecule has 2 atom stereocenters. The Morgan fingerprint density at radius 1 is 1.22 bits per heavy atom. The Balaban J connectivity index is 1.81. The molecule has 1 saturated heterocycles. The lowest BCUT2D eigenvalue weighted by Gasteiger charge is -2.17. The van der Waals surface area contributed by atoms with Crippen LogP contribution < -0.4 is 5.73 Å². The van der Waals surface area contributed by atoms with E-state index in [1.165, 1.54) is 11.6 Å². The van der Waals surface area contributed by atoms with Crippen molar-refractivity contribution in [2.45, 2.75) is 5.92 Å². The Hall–Kier alpha value is -1.72. The molecule has 0 radical (unpaired) electrons. The minimum absolute atomic E-state index is 0.145. The van der Waals surface area contributed by atoms with Crippen LogP contribution in [0.1, 0.15) is 21.8 Å². The first-order valence-electron chi connectivity index (χ1n) is 7.59. The normalized spacial score (nSPS) is 20.7. The number of hydrogen-bond donors (Lipinski definition) is 1. The number of benzene rings is 2. The molecule has 1 aliphatic heterocycles. The fourth-order valence-corrected chi connectivity index (χ4v) is 3.41. The molecule has 2 aromatic carbocycles. The average molecular weight is 377 g/mol. The van der Waals surface area contributed by atoms with Crippen molar-refractivity contribution < 1.29 is 9.18 Å². The zero-order valence-electron chi connectivity index (χ0n) is 12.6. The predicted octanol–water partition coefficient (Wildman–Crippen LogP) is 3.40. The molecule has 5 heteroatoms. The zero-order valence-corrected chi connectivity index (χ0v) is 14.2. The van der Waals surface area contributed by atoms with Gasteiger partial charge in [-0.2, -0.15) is 0 Å². The van der Waals surface area contributed by atoms with Crippen LogP contribution in [0, 0.1) is 11.7 Å². The number of carbonyl (C=O) groups excluding carboxylic acids is 1. The van der Waals surface area contributed by atoms with Gasteiger partial charge in [-0.05, 0) is 52.2 Å². The lowest BCUT2D eigenvalue weighted by atomic mass is 9.89. The molecule has 120 valence electrons. The highest BCUT2D eigenvalue weighted by molar-refractivity contribution is 9.10. The molecule has 3 rings (SSSR count). The highest BCUT2D eigenvalue weighted by Gasteiger charge is 2.35. The van der Waals surface area contributed by atoms with Crippen LogP contribution >= 0.6 is 15.9 Å². The van der Waals surface area contributed by atoms with E-state index in [2.05, 4.69) is 28.1 Å². The monoisotopic (exact) mass is 376 g/mol. The van der Waals surface area contributed by atoms with E-state index in [-0.39, 0.29) is 17.7 Å². The van der Waals surface area contributed by atoms with Crippen LogP contribution in [0.5, 0.6) is 0 Å². The van der Waals surface area contributed by atoms with E-state index < -0.39 is 5.82 Å². The van der Waals surface area contributed by atoms with E-state index in [1.54, 1.807) is 17.0 Å². The molecule has 2 N–H and O–H groups in total. The number of rotatable bonds is 3. The van der Waals surface area contributed by atoms with Gasteiger partial charge in [-0.3, -0.25) is 4.79 Å². The van der Waals surface area contributed by atoms with Gasteiger partial charge in [0.2, 0.25) is 0 Å². The number of nitrogens with zero attached hydrogens (tertiary/aromatic N) is 1. The second kappa shape index (κ2) is 6.81. The maximum absolute atomic E-state index is 13.7. The van der Waals surface area contributed by atoms with E-state index in [4.69, 9.17) is 5.73 Å². The highest BCUT2D eigenvalue weighted by atomic mass is 79.9. The Bertz CT molecular complexity index is 707. The molecular weight excluding hydrogens is 359 g/mol. The van der Waals surface area contributed by atoms with Gasteiger partial charge in [-0.15, -0.1) is 0 Å². The van der Waals surface area contributed by atoms with Crippen molar-refractivity contribution in [3.63, 3.8) is 0 Å². The summed E-state index contributed by atoms with van der Waals surface area (Å²) in [5.74, 6) is -0.120. The number of amides is 1. The van der Waals surface area contributed by atoms with Crippen molar-refractivity contribution in [3.05, 3.63) is 69.9 Å². The van der Waals surface area contributed by atoms with Gasteiger partial charge in [0.15, 0.2) is 0 Å². The molecule has 3 nitrogen and oxygen atoms in total. The molecule has 0 bridgehead atoms. The smallest absolute Gasteiger partial charge is 0.253 e. The van der Waals surface area contributed by atoms with Gasteiger partial charge < -0.3 is 10.6 Å². The second-order valence-electron chi connectivity index (χ2n) is 5.85. The molecule has 0 unspecified atom stereocenters. The quantitative estimate of drug-likeness (QED) is 0.891. The van der Waals surface area contributed by atoms with Gasteiger partial charge >= 0.3 is 0 Å². The first kappa shape index (κ1) is 16.1. The Labute approximate surface area is 143 Å². The van der Waals surface area contributed by atoms with Crippen LogP contribution in [0.3, 0.4) is 0 Å². The van der Waals surface area contributed by atoms with E-state index >= 15 is 0 Å². The number of nitrogens with two attached hydrogens (primary N) is 1. The molecule has 1 aliphatic rings. The van der Waals surface area contributed by atoms with Crippen molar-refractivity contribution in [1.29, 1.82) is 0 Å². The Morgan fingerprint density at radius 3 is 2.61 bits per heavy atom. The van der Waals surface area contributed by atoms with Gasteiger partial charge in [0.25, 0.3) is 5.91 Å². The zero-order chi connectivity index (χ0) is 16.4. The van der Waals surface area contributed by atoms with Crippen LogP contribution in [-0.2, 0) is 0 Å². The lowest BCUT2D eigenvalue weighted by molar-refractivity contribution is 0.0786. The molecule has 1 amide bonds. The summed E-state index contributed by atoms with van der Waals surface area (Å²) in [4.78, 5) is 14.4. The molecule has 2 aromatic rings. The van der Waals surface area contributed by atoms with Crippen LogP contribution in [0.2, 0.25) is 0 Å². The molecule has 0 spiro atoms. The summed E-state index contributed by atoms with van der Waals surface area (Å²) in [6.45, 7) is 1.74. The highest BCUT2D eigenvalue weighted by Crippen LogP contribution is 2.33. The maximum atomic E-state index is 13.7. The number of likely N-dealkylation sites (tertiary alicyclic amines) is 1. The first-order valence-corrected chi connectivity index (χ1v) is 8.38. The Morgan fingerprint density at radius 2 is 1.96 bits per heavy atom. The summed E-state index contributed by atoms with van der Waals surface area (Å²) in [6, 6.07) is 14.6. The minimum Gasteiger partial charge on any atom is -0.338 e. The van der Waals surface area contributed by atoms with Crippen molar-refractivity contribution in [2.75, 3.05) is 19.6 Å². The van der Waals surface area contributed by atoms with Gasteiger partial charge in [0, 0.05) is 24.6 Å². The third-order valence-electron chi connectivity index (χ3n) is 4.43. The van der Waals surface area contributed by atoms with Gasteiger partial charge in [0.05, 0.1) is 4.47 Å².